The predicted molar refractivity (Wildman–Crippen MR) is 92.0 cm³/mol. The topological polar surface area (TPSA) is 66.4 Å². The van der Waals surface area contributed by atoms with Crippen molar-refractivity contribution in [2.24, 2.45) is 0 Å². The molecule has 0 amide bonds. The summed E-state index contributed by atoms with van der Waals surface area (Å²) in [4.78, 5) is 0. The Hall–Kier alpha value is -0.240. The van der Waals surface area contributed by atoms with E-state index in [1.54, 1.807) is 0 Å². The van der Waals surface area contributed by atoms with Gasteiger partial charge in [-0.05, 0) is 55.4 Å². The Morgan fingerprint density at radius 1 is 0.750 bits per heavy atom. The molecule has 1 saturated heterocycles. The first-order valence-corrected chi connectivity index (χ1v) is 9.03. The molecule has 0 aromatic rings. The van der Waals surface area contributed by atoms with Crippen molar-refractivity contribution in [3.8, 4) is 0 Å². The Morgan fingerprint density at radius 2 is 1.25 bits per heavy atom. The Balaban J connectivity index is 2.96. The summed E-state index contributed by atoms with van der Waals surface area (Å²) in [7, 11) is 0. The van der Waals surface area contributed by atoms with Crippen molar-refractivity contribution < 1.29 is 28.8 Å². The van der Waals surface area contributed by atoms with E-state index in [0.29, 0.717) is 6.61 Å². The van der Waals surface area contributed by atoms with Crippen molar-refractivity contribution in [2.75, 3.05) is 6.61 Å². The first kappa shape index (κ1) is 21.8. The van der Waals surface area contributed by atoms with E-state index in [1.807, 2.05) is 55.4 Å². The van der Waals surface area contributed by atoms with Crippen LogP contribution >= 0.6 is 0 Å². The molecule has 1 heterocycles. The molecule has 0 radical (unpaired) electrons. The fraction of sp³-hybridized carbons (Fsp3) is 1.00. The molecule has 0 bridgehead atoms. The van der Waals surface area contributed by atoms with Gasteiger partial charge in [0.25, 0.3) is 0 Å². The normalized spacial score (nSPS) is 31.6. The zero-order chi connectivity index (χ0) is 18.4. The molecule has 5 atom stereocenters. The van der Waals surface area contributed by atoms with E-state index in [9.17, 15) is 5.11 Å². The molecule has 1 N–H and O–H groups in total. The number of aliphatic hydroxyl groups is 1. The molecule has 24 heavy (non-hydrogen) atoms. The first-order valence-electron chi connectivity index (χ1n) is 9.03. The third kappa shape index (κ3) is 6.94. The molecular formula is C18H36O6. The molecule has 6 heteroatoms. The van der Waals surface area contributed by atoms with Crippen LogP contribution in [0.5, 0.6) is 0 Å². The van der Waals surface area contributed by atoms with Gasteiger partial charge in [-0.25, -0.2) is 0 Å². The lowest BCUT2D eigenvalue weighted by Crippen LogP contribution is -2.62. The van der Waals surface area contributed by atoms with Crippen LogP contribution in [-0.4, -0.2) is 66.8 Å². The fourth-order valence-electron chi connectivity index (χ4n) is 2.64. The van der Waals surface area contributed by atoms with Crippen LogP contribution < -0.4 is 0 Å². The van der Waals surface area contributed by atoms with Crippen LogP contribution in [0, 0.1) is 0 Å². The number of ether oxygens (including phenoxy) is 5. The summed E-state index contributed by atoms with van der Waals surface area (Å²) in [6, 6.07) is 0. The first-order chi connectivity index (χ1) is 11.1. The van der Waals surface area contributed by atoms with Crippen LogP contribution in [0.4, 0.5) is 0 Å². The molecule has 1 rings (SSSR count). The lowest BCUT2D eigenvalue weighted by Gasteiger charge is -2.45. The summed E-state index contributed by atoms with van der Waals surface area (Å²) in [5, 5.41) is 10.9. The minimum absolute atomic E-state index is 0.0444. The molecular weight excluding hydrogens is 312 g/mol. The number of hydrogen-bond donors (Lipinski definition) is 1. The Morgan fingerprint density at radius 3 is 1.71 bits per heavy atom. The maximum atomic E-state index is 10.9. The molecule has 0 saturated carbocycles. The summed E-state index contributed by atoms with van der Waals surface area (Å²) >= 11 is 0. The van der Waals surface area contributed by atoms with Crippen LogP contribution in [-0.2, 0) is 23.7 Å². The van der Waals surface area contributed by atoms with Crippen LogP contribution in [0.15, 0.2) is 0 Å². The van der Waals surface area contributed by atoms with E-state index in [4.69, 9.17) is 23.7 Å². The highest BCUT2D eigenvalue weighted by Gasteiger charge is 2.48. The lowest BCUT2D eigenvalue weighted by molar-refractivity contribution is -0.331. The van der Waals surface area contributed by atoms with Gasteiger partial charge in [0.05, 0.1) is 31.0 Å². The Kier molecular flexibility index (Phi) is 9.12. The summed E-state index contributed by atoms with van der Waals surface area (Å²) in [6.45, 7) is 15.8. The van der Waals surface area contributed by atoms with Crippen molar-refractivity contribution in [3.05, 3.63) is 0 Å². The monoisotopic (exact) mass is 348 g/mol. The van der Waals surface area contributed by atoms with E-state index < -0.39 is 30.7 Å². The zero-order valence-corrected chi connectivity index (χ0v) is 16.4. The second-order valence-electron chi connectivity index (χ2n) is 7.40. The van der Waals surface area contributed by atoms with Crippen molar-refractivity contribution in [1.82, 2.24) is 0 Å². The van der Waals surface area contributed by atoms with E-state index >= 15 is 0 Å². The van der Waals surface area contributed by atoms with E-state index in [0.717, 1.165) is 0 Å². The van der Waals surface area contributed by atoms with Crippen LogP contribution in [0.25, 0.3) is 0 Å². The minimum atomic E-state index is -0.854. The molecule has 1 aliphatic heterocycles. The lowest BCUT2D eigenvalue weighted by atomic mass is 9.98. The van der Waals surface area contributed by atoms with Gasteiger partial charge in [-0.2, -0.15) is 0 Å². The van der Waals surface area contributed by atoms with E-state index in [2.05, 4.69) is 0 Å². The van der Waals surface area contributed by atoms with E-state index in [-0.39, 0.29) is 24.4 Å². The average molecular weight is 348 g/mol. The molecule has 1 fully saturated rings. The van der Waals surface area contributed by atoms with Gasteiger partial charge >= 0.3 is 0 Å². The molecule has 5 unspecified atom stereocenters. The van der Waals surface area contributed by atoms with Crippen LogP contribution in [0.2, 0.25) is 0 Å². The van der Waals surface area contributed by atoms with Gasteiger partial charge in [0, 0.05) is 0 Å². The minimum Gasteiger partial charge on any atom is -0.387 e. The quantitative estimate of drug-likeness (QED) is 0.691. The van der Waals surface area contributed by atoms with Crippen molar-refractivity contribution in [1.29, 1.82) is 0 Å². The van der Waals surface area contributed by atoms with Gasteiger partial charge in [-0.15, -0.1) is 0 Å². The molecule has 0 aliphatic carbocycles. The molecule has 144 valence electrons. The maximum Gasteiger partial charge on any atom is 0.187 e. The van der Waals surface area contributed by atoms with Crippen LogP contribution in [0.3, 0.4) is 0 Å². The highest BCUT2D eigenvalue weighted by Crippen LogP contribution is 2.29. The molecule has 1 aliphatic rings. The van der Waals surface area contributed by atoms with Gasteiger partial charge in [0.1, 0.15) is 24.4 Å². The summed E-state index contributed by atoms with van der Waals surface area (Å²) in [5.74, 6) is 0. The molecule has 0 aromatic carbocycles. The Labute approximate surface area is 146 Å². The maximum absolute atomic E-state index is 10.9. The summed E-state index contributed by atoms with van der Waals surface area (Å²) in [5.41, 5.74) is 0. The summed E-state index contributed by atoms with van der Waals surface area (Å²) < 4.78 is 29.4. The van der Waals surface area contributed by atoms with Gasteiger partial charge in [0.15, 0.2) is 6.29 Å². The third-order valence-electron chi connectivity index (χ3n) is 3.48. The van der Waals surface area contributed by atoms with Crippen molar-refractivity contribution in [3.63, 3.8) is 0 Å². The number of aliphatic hydroxyl groups excluding tert-OH is 1. The van der Waals surface area contributed by atoms with Crippen molar-refractivity contribution in [2.45, 2.75) is 111 Å². The van der Waals surface area contributed by atoms with Gasteiger partial charge in [-0.3, -0.25) is 0 Å². The van der Waals surface area contributed by atoms with Gasteiger partial charge in [0.2, 0.25) is 0 Å². The Bertz CT molecular complexity index is 342. The highest BCUT2D eigenvalue weighted by molar-refractivity contribution is 4.92. The molecule has 0 spiro atoms. The zero-order valence-electron chi connectivity index (χ0n) is 16.4. The third-order valence-corrected chi connectivity index (χ3v) is 3.48. The molecule has 6 nitrogen and oxygen atoms in total. The SMILES string of the molecule is CC(C)OCC1OC(OC(C)C)C(OC(C)C)C(O)C1OC(C)C. The number of hydrogen-bond acceptors (Lipinski definition) is 6. The molecule has 0 aromatic heterocycles. The fourth-order valence-corrected chi connectivity index (χ4v) is 2.64. The van der Waals surface area contributed by atoms with E-state index in [1.165, 1.54) is 0 Å². The van der Waals surface area contributed by atoms with Gasteiger partial charge < -0.3 is 28.8 Å². The standard InChI is InChI=1S/C18H36O6/c1-10(2)20-9-14-16(21-11(3)4)15(19)17(22-12(5)6)18(24-14)23-13(7)8/h10-19H,9H2,1-8H3. The predicted octanol–water partition coefficient (Wildman–Crippen LogP) is 2.51. The van der Waals surface area contributed by atoms with Gasteiger partial charge in [-0.1, -0.05) is 0 Å². The second-order valence-corrected chi connectivity index (χ2v) is 7.40. The number of rotatable bonds is 9. The smallest absolute Gasteiger partial charge is 0.187 e. The van der Waals surface area contributed by atoms with Crippen molar-refractivity contribution >= 4 is 0 Å². The summed E-state index contributed by atoms with van der Waals surface area (Å²) in [6.07, 6.45) is -3.14. The average Bonchev–Trinajstić information content (AvgIpc) is 2.42. The van der Waals surface area contributed by atoms with Crippen LogP contribution in [0.1, 0.15) is 55.4 Å². The second kappa shape index (κ2) is 10.0. The largest absolute Gasteiger partial charge is 0.387 e. The highest BCUT2D eigenvalue weighted by atomic mass is 16.7.